The Labute approximate surface area is 190 Å². The lowest BCUT2D eigenvalue weighted by Gasteiger charge is -2.38. The molecule has 2 aliphatic rings. The van der Waals surface area contributed by atoms with Gasteiger partial charge in [0.1, 0.15) is 5.75 Å². The van der Waals surface area contributed by atoms with Crippen molar-refractivity contribution < 1.29 is 35.5 Å². The third-order valence-electron chi connectivity index (χ3n) is 7.32. The standard InChI is InChI=1S/C25H31F7O/c1-2-3-16-4-6-17(7-5-16)18-8-10-19(11-9-18)20-12-14-21(15-13-20)33-25(31,32)23(27)22(26)24(28,29)30/h12-19H,2-11H2,1H3/b23-22-. The molecule has 0 aromatic heterocycles. The van der Waals surface area contributed by atoms with Crippen LogP contribution >= 0.6 is 0 Å². The minimum atomic E-state index is -5.85. The van der Waals surface area contributed by atoms with E-state index in [1.54, 1.807) is 12.1 Å². The molecule has 0 amide bonds. The first-order valence-corrected chi connectivity index (χ1v) is 11.8. The lowest BCUT2D eigenvalue weighted by Crippen LogP contribution is -2.28. The monoisotopic (exact) mass is 480 g/mol. The van der Waals surface area contributed by atoms with Crippen LogP contribution in [-0.4, -0.2) is 12.3 Å². The van der Waals surface area contributed by atoms with Crippen LogP contribution in [0.4, 0.5) is 30.7 Å². The summed E-state index contributed by atoms with van der Waals surface area (Å²) in [6.45, 7) is 2.24. The summed E-state index contributed by atoms with van der Waals surface area (Å²) in [5.74, 6) is -4.66. The maximum atomic E-state index is 13.6. The van der Waals surface area contributed by atoms with Crippen molar-refractivity contribution in [1.29, 1.82) is 0 Å². The van der Waals surface area contributed by atoms with Gasteiger partial charge in [-0.1, -0.05) is 44.7 Å². The first kappa shape index (κ1) is 25.9. The molecule has 2 aliphatic carbocycles. The fourth-order valence-corrected chi connectivity index (χ4v) is 5.53. The zero-order valence-electron chi connectivity index (χ0n) is 18.7. The molecule has 33 heavy (non-hydrogen) atoms. The SMILES string of the molecule is CCCC1CCC(C2CCC(c3ccc(OC(F)(F)/C(F)=C(/F)C(F)(F)F)cc3)CC2)CC1. The van der Waals surface area contributed by atoms with E-state index in [-0.39, 0.29) is 5.92 Å². The molecule has 186 valence electrons. The summed E-state index contributed by atoms with van der Waals surface area (Å²) in [4.78, 5) is 0. The Balaban J connectivity index is 1.53. The van der Waals surface area contributed by atoms with Crippen molar-refractivity contribution in [3.05, 3.63) is 41.5 Å². The summed E-state index contributed by atoms with van der Waals surface area (Å²) in [6.07, 6.45) is 1.15. The summed E-state index contributed by atoms with van der Waals surface area (Å²) in [7, 11) is 0. The van der Waals surface area contributed by atoms with E-state index in [4.69, 9.17) is 0 Å². The van der Waals surface area contributed by atoms with Crippen LogP contribution in [0.2, 0.25) is 0 Å². The normalized spacial score (nSPS) is 27.8. The lowest BCUT2D eigenvalue weighted by atomic mass is 9.68. The maximum absolute atomic E-state index is 13.6. The van der Waals surface area contributed by atoms with Crippen LogP contribution in [-0.2, 0) is 0 Å². The van der Waals surface area contributed by atoms with Gasteiger partial charge in [0.05, 0.1) is 0 Å². The molecule has 0 heterocycles. The molecule has 0 unspecified atom stereocenters. The van der Waals surface area contributed by atoms with Crippen LogP contribution < -0.4 is 4.74 Å². The predicted molar refractivity (Wildman–Crippen MR) is 112 cm³/mol. The zero-order chi connectivity index (χ0) is 24.2. The molecule has 0 saturated heterocycles. The van der Waals surface area contributed by atoms with E-state index in [1.165, 1.54) is 38.5 Å². The van der Waals surface area contributed by atoms with E-state index < -0.39 is 29.7 Å². The van der Waals surface area contributed by atoms with E-state index in [9.17, 15) is 30.7 Å². The van der Waals surface area contributed by atoms with Gasteiger partial charge in [0.25, 0.3) is 5.83 Å². The van der Waals surface area contributed by atoms with Gasteiger partial charge in [-0.2, -0.15) is 30.7 Å². The summed E-state index contributed by atoms with van der Waals surface area (Å²) >= 11 is 0. The molecule has 2 fully saturated rings. The van der Waals surface area contributed by atoms with Gasteiger partial charge < -0.3 is 4.74 Å². The second-order valence-corrected chi connectivity index (χ2v) is 9.49. The van der Waals surface area contributed by atoms with Gasteiger partial charge in [0.2, 0.25) is 5.83 Å². The summed E-state index contributed by atoms with van der Waals surface area (Å²) in [5, 5.41) is 0. The van der Waals surface area contributed by atoms with Crippen LogP contribution in [0.3, 0.4) is 0 Å². The second-order valence-electron chi connectivity index (χ2n) is 9.49. The quantitative estimate of drug-likeness (QED) is 0.353. The molecule has 3 rings (SSSR count). The number of alkyl halides is 5. The Morgan fingerprint density at radius 1 is 0.788 bits per heavy atom. The van der Waals surface area contributed by atoms with Crippen LogP contribution in [0.15, 0.2) is 35.9 Å². The number of rotatable bonds is 7. The average molecular weight is 481 g/mol. The van der Waals surface area contributed by atoms with Crippen LogP contribution in [0, 0.1) is 17.8 Å². The number of halogens is 7. The van der Waals surface area contributed by atoms with Crippen molar-refractivity contribution in [1.82, 2.24) is 0 Å². The molecule has 0 aliphatic heterocycles. The Morgan fingerprint density at radius 2 is 1.30 bits per heavy atom. The molecule has 0 bridgehead atoms. The predicted octanol–water partition coefficient (Wildman–Crippen LogP) is 9.25. The molecule has 1 aromatic carbocycles. The smallest absolute Gasteiger partial charge is 0.427 e. The van der Waals surface area contributed by atoms with Crippen molar-refractivity contribution in [3.8, 4) is 5.75 Å². The van der Waals surface area contributed by atoms with Crippen molar-refractivity contribution in [2.24, 2.45) is 17.8 Å². The van der Waals surface area contributed by atoms with E-state index in [0.29, 0.717) is 0 Å². The molecular formula is C25H31F7O. The highest BCUT2D eigenvalue weighted by atomic mass is 19.4. The molecular weight excluding hydrogens is 449 g/mol. The van der Waals surface area contributed by atoms with Gasteiger partial charge in [0.15, 0.2) is 0 Å². The van der Waals surface area contributed by atoms with E-state index in [0.717, 1.165) is 61.1 Å². The van der Waals surface area contributed by atoms with Gasteiger partial charge in [0, 0.05) is 0 Å². The molecule has 0 radical (unpaired) electrons. The number of allylic oxidation sites excluding steroid dienone is 1. The summed E-state index contributed by atoms with van der Waals surface area (Å²) < 4.78 is 93.9. The molecule has 1 nitrogen and oxygen atoms in total. The Morgan fingerprint density at radius 3 is 1.79 bits per heavy atom. The van der Waals surface area contributed by atoms with Gasteiger partial charge >= 0.3 is 12.3 Å². The van der Waals surface area contributed by atoms with Crippen LogP contribution in [0.25, 0.3) is 0 Å². The van der Waals surface area contributed by atoms with Gasteiger partial charge in [-0.15, -0.1) is 0 Å². The van der Waals surface area contributed by atoms with Crippen molar-refractivity contribution in [2.45, 2.75) is 89.3 Å². The highest BCUT2D eigenvalue weighted by molar-refractivity contribution is 5.30. The Hall–Kier alpha value is -1.73. The maximum Gasteiger partial charge on any atom is 0.457 e. The van der Waals surface area contributed by atoms with E-state index >= 15 is 0 Å². The van der Waals surface area contributed by atoms with Crippen molar-refractivity contribution in [3.63, 3.8) is 0 Å². The fraction of sp³-hybridized carbons (Fsp3) is 0.680. The topological polar surface area (TPSA) is 9.23 Å². The average Bonchev–Trinajstić information content (AvgIpc) is 2.78. The summed E-state index contributed by atoms with van der Waals surface area (Å²) in [5.41, 5.74) is 0.924. The van der Waals surface area contributed by atoms with Gasteiger partial charge in [-0.3, -0.25) is 0 Å². The van der Waals surface area contributed by atoms with Gasteiger partial charge in [-0.05, 0) is 79.9 Å². The minimum absolute atomic E-state index is 0.270. The number of hydrogen-bond donors (Lipinski definition) is 0. The van der Waals surface area contributed by atoms with Crippen LogP contribution in [0.1, 0.15) is 82.6 Å². The molecule has 0 N–H and O–H groups in total. The largest absolute Gasteiger partial charge is 0.457 e. The highest BCUT2D eigenvalue weighted by Gasteiger charge is 2.49. The third-order valence-corrected chi connectivity index (χ3v) is 7.32. The number of benzene rings is 1. The molecule has 8 heteroatoms. The minimum Gasteiger partial charge on any atom is -0.427 e. The first-order valence-electron chi connectivity index (χ1n) is 11.8. The zero-order valence-corrected chi connectivity index (χ0v) is 18.7. The number of hydrogen-bond acceptors (Lipinski definition) is 1. The molecule has 0 spiro atoms. The molecule has 2 saturated carbocycles. The third kappa shape index (κ3) is 6.66. The van der Waals surface area contributed by atoms with Crippen LogP contribution in [0.5, 0.6) is 5.75 Å². The fourth-order valence-electron chi connectivity index (χ4n) is 5.53. The Bertz CT molecular complexity index is 784. The van der Waals surface area contributed by atoms with E-state index in [2.05, 4.69) is 11.7 Å². The van der Waals surface area contributed by atoms with Gasteiger partial charge in [-0.25, -0.2) is 0 Å². The molecule has 1 aromatic rings. The highest BCUT2D eigenvalue weighted by Crippen LogP contribution is 2.45. The van der Waals surface area contributed by atoms with E-state index in [1.807, 2.05) is 0 Å². The summed E-state index contributed by atoms with van der Waals surface area (Å²) in [6, 6.07) is 5.44. The molecule has 0 atom stereocenters. The second kappa shape index (κ2) is 10.7. The number of ether oxygens (including phenoxy) is 1. The lowest BCUT2D eigenvalue weighted by molar-refractivity contribution is -0.170. The van der Waals surface area contributed by atoms with Crippen molar-refractivity contribution >= 4 is 0 Å². The Kier molecular flexibility index (Phi) is 8.38. The van der Waals surface area contributed by atoms with Crippen molar-refractivity contribution in [2.75, 3.05) is 0 Å². The first-order chi connectivity index (χ1) is 15.5.